The van der Waals surface area contributed by atoms with E-state index in [1.54, 1.807) is 0 Å². The molecule has 1 aliphatic rings. The Morgan fingerprint density at radius 3 is 2.36 bits per heavy atom. The van der Waals surface area contributed by atoms with Gasteiger partial charge in [0.15, 0.2) is 0 Å². The summed E-state index contributed by atoms with van der Waals surface area (Å²) in [5, 5.41) is 0. The molecule has 0 aromatic rings. The lowest BCUT2D eigenvalue weighted by atomic mass is 9.92. The highest BCUT2D eigenvalue weighted by Crippen LogP contribution is 2.37. The minimum absolute atomic E-state index is 0.180. The maximum absolute atomic E-state index is 6.16. The molecule has 1 saturated heterocycles. The van der Waals surface area contributed by atoms with E-state index < -0.39 is 0 Å². The van der Waals surface area contributed by atoms with Crippen LogP contribution in [0.3, 0.4) is 0 Å². The molecule has 0 aromatic carbocycles. The van der Waals surface area contributed by atoms with Gasteiger partial charge in [0.1, 0.15) is 0 Å². The zero-order valence-corrected chi connectivity index (χ0v) is 10.5. The molecule has 1 heterocycles. The predicted molar refractivity (Wildman–Crippen MR) is 61.4 cm³/mol. The van der Waals surface area contributed by atoms with Crippen LogP contribution >= 0.6 is 0 Å². The lowest BCUT2D eigenvalue weighted by Crippen LogP contribution is -2.27. The smallest absolute Gasteiger partial charge is 0.0659 e. The van der Waals surface area contributed by atoms with Gasteiger partial charge < -0.3 is 4.74 Å². The molecule has 0 N–H and O–H groups in total. The maximum Gasteiger partial charge on any atom is 0.0659 e. The average Bonchev–Trinajstić information content (AvgIpc) is 2.46. The molecule has 0 unspecified atom stereocenters. The first kappa shape index (κ1) is 12.0. The van der Waals surface area contributed by atoms with Crippen molar-refractivity contribution in [2.75, 3.05) is 0 Å². The molecule has 0 aliphatic carbocycles. The molecule has 0 spiro atoms. The molecule has 0 aromatic heterocycles. The average molecular weight is 198 g/mol. The van der Waals surface area contributed by atoms with Crippen LogP contribution in [0.25, 0.3) is 0 Å². The van der Waals surface area contributed by atoms with Gasteiger partial charge in [-0.15, -0.1) is 0 Å². The highest BCUT2D eigenvalue weighted by Gasteiger charge is 2.36. The molecule has 1 aliphatic heterocycles. The minimum atomic E-state index is 0.180. The third kappa shape index (κ3) is 3.27. The SMILES string of the molecule is CC(C)CC[C@@]1(C)CC[C@@H](C(C)C)O1. The molecule has 14 heavy (non-hydrogen) atoms. The van der Waals surface area contributed by atoms with Gasteiger partial charge in [0.2, 0.25) is 0 Å². The first-order valence-electron chi connectivity index (χ1n) is 6.11. The van der Waals surface area contributed by atoms with Gasteiger partial charge in [0.25, 0.3) is 0 Å². The Labute approximate surface area is 89.2 Å². The van der Waals surface area contributed by atoms with Crippen LogP contribution in [0, 0.1) is 11.8 Å². The van der Waals surface area contributed by atoms with Crippen LogP contribution in [0.5, 0.6) is 0 Å². The molecule has 2 atom stereocenters. The molecule has 0 radical (unpaired) electrons. The molecule has 0 bridgehead atoms. The third-order valence-corrected chi connectivity index (χ3v) is 3.39. The van der Waals surface area contributed by atoms with Crippen LogP contribution in [0.15, 0.2) is 0 Å². The Morgan fingerprint density at radius 2 is 1.93 bits per heavy atom. The molecule has 84 valence electrons. The predicted octanol–water partition coefficient (Wildman–Crippen LogP) is 4.02. The zero-order valence-electron chi connectivity index (χ0n) is 10.5. The van der Waals surface area contributed by atoms with Gasteiger partial charge in [-0.25, -0.2) is 0 Å². The van der Waals surface area contributed by atoms with Crippen molar-refractivity contribution in [2.45, 2.75) is 72.0 Å². The van der Waals surface area contributed by atoms with Gasteiger partial charge in [-0.05, 0) is 44.4 Å². The van der Waals surface area contributed by atoms with Crippen molar-refractivity contribution in [3.63, 3.8) is 0 Å². The number of ether oxygens (including phenoxy) is 1. The summed E-state index contributed by atoms with van der Waals surface area (Å²) in [6.45, 7) is 11.4. The second kappa shape index (κ2) is 4.65. The summed E-state index contributed by atoms with van der Waals surface area (Å²) >= 11 is 0. The maximum atomic E-state index is 6.16. The summed E-state index contributed by atoms with van der Waals surface area (Å²) in [4.78, 5) is 0. The minimum Gasteiger partial charge on any atom is -0.372 e. The van der Waals surface area contributed by atoms with Crippen molar-refractivity contribution in [2.24, 2.45) is 11.8 Å². The molecule has 1 nitrogen and oxygen atoms in total. The highest BCUT2D eigenvalue weighted by molar-refractivity contribution is 4.86. The first-order chi connectivity index (χ1) is 6.43. The van der Waals surface area contributed by atoms with Gasteiger partial charge in [0.05, 0.1) is 11.7 Å². The number of hydrogen-bond donors (Lipinski definition) is 0. The largest absolute Gasteiger partial charge is 0.372 e. The van der Waals surface area contributed by atoms with E-state index in [2.05, 4.69) is 34.6 Å². The van der Waals surface area contributed by atoms with E-state index in [0.29, 0.717) is 12.0 Å². The van der Waals surface area contributed by atoms with Crippen molar-refractivity contribution in [1.82, 2.24) is 0 Å². The summed E-state index contributed by atoms with van der Waals surface area (Å²) in [6.07, 6.45) is 5.54. The Kier molecular flexibility index (Phi) is 4.00. The van der Waals surface area contributed by atoms with Crippen LogP contribution < -0.4 is 0 Å². The topological polar surface area (TPSA) is 9.23 Å². The quantitative estimate of drug-likeness (QED) is 0.663. The Hall–Kier alpha value is -0.0400. The number of rotatable bonds is 4. The van der Waals surface area contributed by atoms with E-state index >= 15 is 0 Å². The van der Waals surface area contributed by atoms with Gasteiger partial charge in [0, 0.05) is 0 Å². The van der Waals surface area contributed by atoms with Crippen molar-refractivity contribution >= 4 is 0 Å². The number of hydrogen-bond acceptors (Lipinski definition) is 1. The second-order valence-corrected chi connectivity index (χ2v) is 5.82. The second-order valence-electron chi connectivity index (χ2n) is 5.82. The van der Waals surface area contributed by atoms with Gasteiger partial charge in [-0.3, -0.25) is 0 Å². The van der Waals surface area contributed by atoms with E-state index in [4.69, 9.17) is 4.74 Å². The molecule has 1 rings (SSSR count). The summed E-state index contributed by atoms with van der Waals surface area (Å²) in [7, 11) is 0. The molecular formula is C13H26O. The molecule has 0 amide bonds. The third-order valence-electron chi connectivity index (χ3n) is 3.39. The lowest BCUT2D eigenvalue weighted by molar-refractivity contribution is -0.0529. The first-order valence-corrected chi connectivity index (χ1v) is 6.11. The van der Waals surface area contributed by atoms with Gasteiger partial charge >= 0.3 is 0 Å². The van der Waals surface area contributed by atoms with Crippen molar-refractivity contribution in [1.29, 1.82) is 0 Å². The fourth-order valence-electron chi connectivity index (χ4n) is 2.18. The molecule has 1 fully saturated rings. The van der Waals surface area contributed by atoms with Crippen LogP contribution in [0.1, 0.15) is 60.3 Å². The van der Waals surface area contributed by atoms with Gasteiger partial charge in [-0.1, -0.05) is 27.7 Å². The summed E-state index contributed by atoms with van der Waals surface area (Å²) in [5.41, 5.74) is 0.180. The van der Waals surface area contributed by atoms with Crippen molar-refractivity contribution in [3.05, 3.63) is 0 Å². The molecule has 1 heteroatoms. The van der Waals surface area contributed by atoms with E-state index in [1.165, 1.54) is 25.7 Å². The lowest BCUT2D eigenvalue weighted by Gasteiger charge is -2.27. The normalized spacial score (nSPS) is 33.2. The monoisotopic (exact) mass is 198 g/mol. The van der Waals surface area contributed by atoms with E-state index in [0.717, 1.165) is 5.92 Å². The van der Waals surface area contributed by atoms with Crippen molar-refractivity contribution < 1.29 is 4.74 Å². The summed E-state index contributed by atoms with van der Waals surface area (Å²) in [5.74, 6) is 1.48. The fourth-order valence-corrected chi connectivity index (χ4v) is 2.18. The van der Waals surface area contributed by atoms with E-state index in [-0.39, 0.29) is 5.60 Å². The molecular weight excluding hydrogens is 172 g/mol. The van der Waals surface area contributed by atoms with E-state index in [9.17, 15) is 0 Å². The van der Waals surface area contributed by atoms with E-state index in [1.807, 2.05) is 0 Å². The van der Waals surface area contributed by atoms with Crippen LogP contribution in [-0.4, -0.2) is 11.7 Å². The summed E-state index contributed by atoms with van der Waals surface area (Å²) in [6, 6.07) is 0. The molecule has 0 saturated carbocycles. The van der Waals surface area contributed by atoms with Crippen LogP contribution in [0.2, 0.25) is 0 Å². The Balaban J connectivity index is 2.37. The Morgan fingerprint density at radius 1 is 1.29 bits per heavy atom. The summed E-state index contributed by atoms with van der Waals surface area (Å²) < 4.78 is 6.16. The van der Waals surface area contributed by atoms with Crippen LogP contribution in [0.4, 0.5) is 0 Å². The fraction of sp³-hybridized carbons (Fsp3) is 1.00. The van der Waals surface area contributed by atoms with Crippen molar-refractivity contribution in [3.8, 4) is 0 Å². The van der Waals surface area contributed by atoms with Crippen LogP contribution in [-0.2, 0) is 4.74 Å². The highest BCUT2D eigenvalue weighted by atomic mass is 16.5. The zero-order chi connectivity index (χ0) is 10.8. The Bertz CT molecular complexity index is 174. The standard InChI is InChI=1S/C13H26O/c1-10(2)6-8-13(5)9-7-12(14-13)11(3)4/h10-12H,6-9H2,1-5H3/t12-,13-/m0/s1. The van der Waals surface area contributed by atoms with Gasteiger partial charge in [-0.2, -0.15) is 0 Å².